The van der Waals surface area contributed by atoms with Crippen LogP contribution >= 0.6 is 15.9 Å². The largest absolute Gasteiger partial charge is 0.456 e. The number of hydrogen-bond acceptors (Lipinski definition) is 3. The molecule has 82 valence electrons. The standard InChI is InChI=1S/C10H13BrN2O2/c1-6(14)15-10(7-3-4-7)8-5-9(11)12-13(8)2/h5,7,10H,3-4H2,1-2H3. The summed E-state index contributed by atoms with van der Waals surface area (Å²) in [4.78, 5) is 11.0. The number of nitrogens with zero attached hydrogens (tertiary/aromatic N) is 2. The van der Waals surface area contributed by atoms with E-state index in [0.29, 0.717) is 5.92 Å². The molecular formula is C10H13BrN2O2. The summed E-state index contributed by atoms with van der Waals surface area (Å²) in [5.41, 5.74) is 0.958. The smallest absolute Gasteiger partial charge is 0.303 e. The van der Waals surface area contributed by atoms with Gasteiger partial charge in [0, 0.05) is 19.9 Å². The minimum Gasteiger partial charge on any atom is -0.456 e. The van der Waals surface area contributed by atoms with Gasteiger partial charge in [-0.2, -0.15) is 5.10 Å². The molecule has 0 aliphatic heterocycles. The van der Waals surface area contributed by atoms with Gasteiger partial charge in [-0.05, 0) is 34.8 Å². The number of carbonyl (C=O) groups is 1. The minimum atomic E-state index is -0.232. The van der Waals surface area contributed by atoms with Crippen molar-refractivity contribution in [1.29, 1.82) is 0 Å². The Balaban J connectivity index is 2.23. The summed E-state index contributed by atoms with van der Waals surface area (Å²) in [6.45, 7) is 1.45. The second-order valence-corrected chi connectivity index (χ2v) is 4.70. The molecule has 0 bridgehead atoms. The quantitative estimate of drug-likeness (QED) is 0.793. The Labute approximate surface area is 96.7 Å². The normalized spacial score (nSPS) is 17.5. The average molecular weight is 273 g/mol. The summed E-state index contributed by atoms with van der Waals surface area (Å²) < 4.78 is 7.87. The zero-order valence-corrected chi connectivity index (χ0v) is 10.3. The monoisotopic (exact) mass is 272 g/mol. The molecule has 1 aliphatic rings. The lowest BCUT2D eigenvalue weighted by atomic mass is 10.1. The second kappa shape index (κ2) is 3.96. The third-order valence-corrected chi connectivity index (χ3v) is 2.91. The van der Waals surface area contributed by atoms with Gasteiger partial charge in [0.2, 0.25) is 0 Å². The van der Waals surface area contributed by atoms with Gasteiger partial charge < -0.3 is 4.74 Å². The number of hydrogen-bond donors (Lipinski definition) is 0. The maximum Gasteiger partial charge on any atom is 0.303 e. The first-order valence-electron chi connectivity index (χ1n) is 4.94. The van der Waals surface area contributed by atoms with E-state index in [2.05, 4.69) is 21.0 Å². The van der Waals surface area contributed by atoms with E-state index in [1.165, 1.54) is 6.92 Å². The third-order valence-electron chi connectivity index (χ3n) is 2.52. The van der Waals surface area contributed by atoms with Gasteiger partial charge in [0.1, 0.15) is 10.7 Å². The first-order chi connectivity index (χ1) is 7.08. The lowest BCUT2D eigenvalue weighted by Gasteiger charge is -2.16. The van der Waals surface area contributed by atoms with E-state index in [9.17, 15) is 4.79 Å². The van der Waals surface area contributed by atoms with Crippen LogP contribution in [-0.2, 0) is 16.6 Å². The maximum absolute atomic E-state index is 11.0. The Hall–Kier alpha value is -0.840. The van der Waals surface area contributed by atoms with Crippen LogP contribution in [-0.4, -0.2) is 15.7 Å². The molecule has 0 aromatic carbocycles. The third kappa shape index (κ3) is 2.40. The predicted molar refractivity (Wildman–Crippen MR) is 58.1 cm³/mol. The van der Waals surface area contributed by atoms with Gasteiger partial charge in [-0.25, -0.2) is 0 Å². The Bertz CT molecular complexity index is 385. The molecule has 1 fully saturated rings. The van der Waals surface area contributed by atoms with Crippen molar-refractivity contribution in [3.05, 3.63) is 16.4 Å². The van der Waals surface area contributed by atoms with E-state index in [4.69, 9.17) is 4.74 Å². The van der Waals surface area contributed by atoms with Crippen molar-refractivity contribution in [2.24, 2.45) is 13.0 Å². The van der Waals surface area contributed by atoms with Gasteiger partial charge in [-0.3, -0.25) is 9.48 Å². The first-order valence-corrected chi connectivity index (χ1v) is 5.74. The highest BCUT2D eigenvalue weighted by Gasteiger charge is 2.36. The van der Waals surface area contributed by atoms with Crippen molar-refractivity contribution in [2.75, 3.05) is 0 Å². The fourth-order valence-electron chi connectivity index (χ4n) is 1.69. The summed E-state index contributed by atoms with van der Waals surface area (Å²) in [5.74, 6) is 0.237. The molecule has 1 saturated carbocycles. The van der Waals surface area contributed by atoms with Crippen molar-refractivity contribution < 1.29 is 9.53 Å². The summed E-state index contributed by atoms with van der Waals surface area (Å²) in [5, 5.41) is 4.19. The van der Waals surface area contributed by atoms with Crippen LogP contribution in [0.25, 0.3) is 0 Å². The molecule has 1 atom stereocenters. The highest BCUT2D eigenvalue weighted by Crippen LogP contribution is 2.43. The molecule has 0 saturated heterocycles. The zero-order valence-electron chi connectivity index (χ0n) is 8.74. The topological polar surface area (TPSA) is 44.1 Å². The molecule has 1 aromatic rings. The molecule has 1 aromatic heterocycles. The number of aromatic nitrogens is 2. The molecule has 1 aliphatic carbocycles. The van der Waals surface area contributed by atoms with Gasteiger partial charge >= 0.3 is 5.97 Å². The molecule has 2 rings (SSSR count). The van der Waals surface area contributed by atoms with Gasteiger partial charge in [0.25, 0.3) is 0 Å². The summed E-state index contributed by atoms with van der Waals surface area (Å²) in [6, 6.07) is 1.91. The maximum atomic E-state index is 11.0. The lowest BCUT2D eigenvalue weighted by molar-refractivity contribution is -0.148. The molecule has 15 heavy (non-hydrogen) atoms. The van der Waals surface area contributed by atoms with Gasteiger partial charge in [-0.1, -0.05) is 0 Å². The Morgan fingerprint density at radius 2 is 2.40 bits per heavy atom. The van der Waals surface area contributed by atoms with E-state index < -0.39 is 0 Å². The number of esters is 1. The molecule has 4 nitrogen and oxygen atoms in total. The number of halogens is 1. The van der Waals surface area contributed by atoms with Crippen LogP contribution in [0, 0.1) is 5.92 Å². The van der Waals surface area contributed by atoms with Crippen molar-refractivity contribution in [3.8, 4) is 0 Å². The van der Waals surface area contributed by atoms with E-state index in [1.54, 1.807) is 4.68 Å². The second-order valence-electron chi connectivity index (χ2n) is 3.88. The van der Waals surface area contributed by atoms with Crippen molar-refractivity contribution in [2.45, 2.75) is 25.9 Å². The van der Waals surface area contributed by atoms with Crippen LogP contribution in [0.1, 0.15) is 31.6 Å². The van der Waals surface area contributed by atoms with Gasteiger partial charge in [0.15, 0.2) is 0 Å². The molecule has 0 amide bonds. The summed E-state index contributed by atoms with van der Waals surface area (Å²) >= 11 is 3.31. The Morgan fingerprint density at radius 3 is 2.80 bits per heavy atom. The number of rotatable bonds is 3. The van der Waals surface area contributed by atoms with Crippen LogP contribution in [0.3, 0.4) is 0 Å². The molecule has 5 heteroatoms. The number of carbonyl (C=O) groups excluding carboxylic acids is 1. The summed E-state index contributed by atoms with van der Waals surface area (Å²) in [6.07, 6.45) is 2.12. The highest BCUT2D eigenvalue weighted by molar-refractivity contribution is 9.10. The molecular weight excluding hydrogens is 260 g/mol. The summed E-state index contributed by atoms with van der Waals surface area (Å²) in [7, 11) is 1.86. The number of aryl methyl sites for hydroxylation is 1. The van der Waals surface area contributed by atoms with Crippen molar-refractivity contribution in [1.82, 2.24) is 9.78 Å². The van der Waals surface area contributed by atoms with Crippen LogP contribution < -0.4 is 0 Å². The molecule has 1 unspecified atom stereocenters. The van der Waals surface area contributed by atoms with Crippen LogP contribution in [0.4, 0.5) is 0 Å². The highest BCUT2D eigenvalue weighted by atomic mass is 79.9. The molecule has 0 spiro atoms. The van der Waals surface area contributed by atoms with E-state index in [1.807, 2.05) is 13.1 Å². The molecule has 0 N–H and O–H groups in total. The van der Waals surface area contributed by atoms with E-state index in [-0.39, 0.29) is 12.1 Å². The van der Waals surface area contributed by atoms with Crippen LogP contribution in [0.5, 0.6) is 0 Å². The van der Waals surface area contributed by atoms with Crippen molar-refractivity contribution in [3.63, 3.8) is 0 Å². The minimum absolute atomic E-state index is 0.133. The fraction of sp³-hybridized carbons (Fsp3) is 0.600. The Kier molecular flexibility index (Phi) is 2.82. The van der Waals surface area contributed by atoms with E-state index >= 15 is 0 Å². The average Bonchev–Trinajstić information content (AvgIpc) is 2.89. The first kappa shape index (κ1) is 10.7. The lowest BCUT2D eigenvalue weighted by Crippen LogP contribution is -2.14. The molecule has 1 heterocycles. The SMILES string of the molecule is CC(=O)OC(c1cc(Br)nn1C)C1CC1. The Morgan fingerprint density at radius 1 is 1.73 bits per heavy atom. The van der Waals surface area contributed by atoms with E-state index in [0.717, 1.165) is 23.1 Å². The van der Waals surface area contributed by atoms with Crippen LogP contribution in [0.15, 0.2) is 10.7 Å². The van der Waals surface area contributed by atoms with Crippen molar-refractivity contribution >= 4 is 21.9 Å². The van der Waals surface area contributed by atoms with Gasteiger partial charge in [-0.15, -0.1) is 0 Å². The fourth-order valence-corrected chi connectivity index (χ4v) is 2.16. The van der Waals surface area contributed by atoms with Gasteiger partial charge in [0.05, 0.1) is 5.69 Å². The number of ether oxygens (including phenoxy) is 1. The predicted octanol–water partition coefficient (Wildman–Crippen LogP) is 2.20. The van der Waals surface area contributed by atoms with Crippen LogP contribution in [0.2, 0.25) is 0 Å². The zero-order chi connectivity index (χ0) is 11.0. The molecule has 0 radical (unpaired) electrons.